The molecule has 46 valence electrons. The lowest BCUT2D eigenvalue weighted by atomic mass is 11.3. The average Bonchev–Trinajstić information content (AvgIpc) is 1.31. The van der Waals surface area contributed by atoms with E-state index in [9.17, 15) is 0 Å². The Balaban J connectivity index is 3.54. The molecule has 0 bridgehead atoms. The van der Waals surface area contributed by atoms with Gasteiger partial charge in [-0.3, -0.25) is 9.11 Å². The Hall–Kier alpha value is 0.520. The highest BCUT2D eigenvalue weighted by Gasteiger charge is 2.07. The van der Waals surface area contributed by atoms with Crippen LogP contribution in [0.2, 0.25) is 0 Å². The van der Waals surface area contributed by atoms with Crippen LogP contribution in [0.1, 0.15) is 0 Å². The van der Waals surface area contributed by atoms with Crippen molar-refractivity contribution in [1.82, 2.24) is 4.31 Å². The van der Waals surface area contributed by atoms with Crippen LogP contribution in [0.15, 0.2) is 0 Å². The van der Waals surface area contributed by atoms with Crippen molar-refractivity contribution >= 4 is 20.7 Å². The molecule has 0 aliphatic carbocycles. The SMILES string of the molecule is CN(C)S(O)(O)Cl. The van der Waals surface area contributed by atoms with E-state index in [4.69, 9.17) is 19.8 Å². The molecule has 3 nitrogen and oxygen atoms in total. The molecule has 0 spiro atoms. The minimum atomic E-state index is -2.94. The van der Waals surface area contributed by atoms with Crippen molar-refractivity contribution < 1.29 is 9.11 Å². The zero-order chi connectivity index (χ0) is 6.08. The Morgan fingerprint density at radius 3 is 1.57 bits per heavy atom. The van der Waals surface area contributed by atoms with Gasteiger partial charge >= 0.3 is 0 Å². The van der Waals surface area contributed by atoms with Crippen LogP contribution in [0.25, 0.3) is 0 Å². The summed E-state index contributed by atoms with van der Waals surface area (Å²) in [6.45, 7) is 0. The maximum Gasteiger partial charge on any atom is 0.0426 e. The minimum absolute atomic E-state index is 1.15. The van der Waals surface area contributed by atoms with Gasteiger partial charge in [0.25, 0.3) is 0 Å². The lowest BCUT2D eigenvalue weighted by Gasteiger charge is -2.29. The summed E-state index contributed by atoms with van der Waals surface area (Å²) >= 11 is 0. The maximum absolute atomic E-state index is 8.43. The first kappa shape index (κ1) is 7.52. The number of nitrogens with zero attached hydrogens (tertiary/aromatic N) is 1. The fraction of sp³-hybridized carbons (Fsp3) is 1.00. The standard InChI is InChI=1S/C2H8ClNO2S/c1-4(2)7(3,5)6/h5-6H,1-2H3. The molecule has 0 rings (SSSR count). The van der Waals surface area contributed by atoms with Crippen LogP contribution < -0.4 is 0 Å². The highest BCUT2D eigenvalue weighted by Crippen LogP contribution is 2.45. The second kappa shape index (κ2) is 2.19. The molecule has 2 N–H and O–H groups in total. The van der Waals surface area contributed by atoms with Gasteiger partial charge in [0, 0.05) is 24.8 Å². The van der Waals surface area contributed by atoms with E-state index < -0.39 is 9.99 Å². The Kier molecular flexibility index (Phi) is 2.35. The summed E-state index contributed by atoms with van der Waals surface area (Å²) in [5.74, 6) is 0. The molecule has 5 heteroatoms. The van der Waals surface area contributed by atoms with Crippen LogP contribution >= 0.6 is 20.7 Å². The van der Waals surface area contributed by atoms with Crippen molar-refractivity contribution in [2.75, 3.05) is 14.1 Å². The van der Waals surface area contributed by atoms with E-state index in [0.717, 1.165) is 4.31 Å². The van der Waals surface area contributed by atoms with Crippen molar-refractivity contribution in [3.63, 3.8) is 0 Å². The zero-order valence-corrected chi connectivity index (χ0v) is 5.70. The summed E-state index contributed by atoms with van der Waals surface area (Å²) in [6, 6.07) is 0. The normalized spacial score (nSPS) is 15.1. The van der Waals surface area contributed by atoms with Crippen molar-refractivity contribution in [3.8, 4) is 0 Å². The Morgan fingerprint density at radius 2 is 1.57 bits per heavy atom. The molecule has 0 aromatic heterocycles. The lowest BCUT2D eigenvalue weighted by Crippen LogP contribution is -2.12. The predicted molar refractivity (Wildman–Crippen MR) is 32.4 cm³/mol. The maximum atomic E-state index is 8.43. The van der Waals surface area contributed by atoms with Crippen LogP contribution in [0, 0.1) is 0 Å². The van der Waals surface area contributed by atoms with E-state index in [1.165, 1.54) is 14.1 Å². The Bertz CT molecular complexity index is 61.2. The summed E-state index contributed by atoms with van der Waals surface area (Å²) in [7, 11) is 5.03. The first-order chi connectivity index (χ1) is 2.94. The largest absolute Gasteiger partial charge is 0.272 e. The average molecular weight is 146 g/mol. The summed E-state index contributed by atoms with van der Waals surface area (Å²) in [6.07, 6.45) is 0. The monoisotopic (exact) mass is 145 g/mol. The third-order valence-corrected chi connectivity index (χ3v) is 2.22. The van der Waals surface area contributed by atoms with E-state index in [0.29, 0.717) is 0 Å². The quantitative estimate of drug-likeness (QED) is 0.586. The van der Waals surface area contributed by atoms with Gasteiger partial charge in [0.15, 0.2) is 0 Å². The fourth-order valence-corrected chi connectivity index (χ4v) is 0. The van der Waals surface area contributed by atoms with Gasteiger partial charge in [-0.05, 0) is 0 Å². The first-order valence-corrected chi connectivity index (χ1v) is 3.93. The first-order valence-electron chi connectivity index (χ1n) is 1.60. The van der Waals surface area contributed by atoms with Crippen LogP contribution in [0.4, 0.5) is 0 Å². The smallest absolute Gasteiger partial charge is 0.0426 e. The fourth-order valence-electron chi connectivity index (χ4n) is 0. The molecule has 0 heterocycles. The number of hydrogen-bond acceptors (Lipinski definition) is 3. The number of hydrogen-bond donors (Lipinski definition) is 2. The molecule has 0 aromatic carbocycles. The van der Waals surface area contributed by atoms with E-state index in [1.54, 1.807) is 0 Å². The van der Waals surface area contributed by atoms with Crippen LogP contribution in [-0.4, -0.2) is 27.5 Å². The van der Waals surface area contributed by atoms with Crippen LogP contribution in [0.5, 0.6) is 0 Å². The second-order valence-corrected chi connectivity index (χ2v) is 4.14. The van der Waals surface area contributed by atoms with Gasteiger partial charge in [-0.1, -0.05) is 9.99 Å². The lowest BCUT2D eigenvalue weighted by molar-refractivity contribution is 0.435. The summed E-state index contributed by atoms with van der Waals surface area (Å²) in [5, 5.41) is 0. The molecule has 0 aliphatic rings. The van der Waals surface area contributed by atoms with E-state index in [2.05, 4.69) is 0 Å². The van der Waals surface area contributed by atoms with Gasteiger partial charge in [-0.25, -0.2) is 0 Å². The van der Waals surface area contributed by atoms with Gasteiger partial charge in [-0.15, -0.1) is 0 Å². The van der Waals surface area contributed by atoms with E-state index in [1.807, 2.05) is 0 Å². The van der Waals surface area contributed by atoms with Crippen LogP contribution in [-0.2, 0) is 0 Å². The van der Waals surface area contributed by atoms with Crippen LogP contribution in [0.3, 0.4) is 0 Å². The molecule has 0 aliphatic heterocycles. The predicted octanol–water partition coefficient (Wildman–Crippen LogP) is 1.37. The van der Waals surface area contributed by atoms with Crippen molar-refractivity contribution in [3.05, 3.63) is 0 Å². The third-order valence-electron chi connectivity index (χ3n) is 0.465. The van der Waals surface area contributed by atoms with E-state index in [-0.39, 0.29) is 0 Å². The molecule has 7 heavy (non-hydrogen) atoms. The van der Waals surface area contributed by atoms with Gasteiger partial charge < -0.3 is 0 Å². The molecule has 0 atom stereocenters. The Morgan fingerprint density at radius 1 is 1.43 bits per heavy atom. The molecule has 0 saturated heterocycles. The van der Waals surface area contributed by atoms with Crippen molar-refractivity contribution in [1.29, 1.82) is 0 Å². The highest BCUT2D eigenvalue weighted by atomic mass is 35.7. The Labute approximate surface area is 48.9 Å². The molecular formula is C2H8ClNO2S. The summed E-state index contributed by atoms with van der Waals surface area (Å²) in [4.78, 5) is 0. The molecule has 0 saturated carbocycles. The summed E-state index contributed by atoms with van der Waals surface area (Å²) < 4.78 is 18.0. The summed E-state index contributed by atoms with van der Waals surface area (Å²) in [5.41, 5.74) is 0. The van der Waals surface area contributed by atoms with Crippen molar-refractivity contribution in [2.45, 2.75) is 0 Å². The number of rotatable bonds is 1. The van der Waals surface area contributed by atoms with E-state index >= 15 is 0 Å². The second-order valence-electron chi connectivity index (χ2n) is 1.26. The van der Waals surface area contributed by atoms with Gasteiger partial charge in [0.05, 0.1) is 0 Å². The minimum Gasteiger partial charge on any atom is -0.272 e. The molecule has 0 unspecified atom stereocenters. The topological polar surface area (TPSA) is 43.7 Å². The number of halogens is 1. The van der Waals surface area contributed by atoms with Crippen molar-refractivity contribution in [2.24, 2.45) is 0 Å². The third kappa shape index (κ3) is 3.13. The van der Waals surface area contributed by atoms with Gasteiger partial charge in [0.2, 0.25) is 0 Å². The molecule has 0 amide bonds. The molecular weight excluding hydrogens is 138 g/mol. The highest BCUT2D eigenvalue weighted by molar-refractivity contribution is 8.41. The van der Waals surface area contributed by atoms with Gasteiger partial charge in [0.1, 0.15) is 0 Å². The zero-order valence-electron chi connectivity index (χ0n) is 4.13. The molecule has 0 fully saturated rings. The van der Waals surface area contributed by atoms with Gasteiger partial charge in [-0.2, -0.15) is 4.31 Å². The molecule has 0 aromatic rings. The molecule has 0 radical (unpaired) electrons.